The maximum Gasteiger partial charge on any atom is 0.446 e. The van der Waals surface area contributed by atoms with E-state index in [1.807, 2.05) is 43.3 Å². The number of rotatable bonds is 8. The molecule has 2 aromatic carbocycles. The first-order valence-corrected chi connectivity index (χ1v) is 13.2. The van der Waals surface area contributed by atoms with E-state index >= 15 is 0 Å². The molecule has 4 rings (SSSR count). The quantitative estimate of drug-likeness (QED) is 0.339. The minimum atomic E-state index is -4.35. The number of nitrogens with one attached hydrogen (secondary N) is 1. The van der Waals surface area contributed by atoms with Gasteiger partial charge in [-0.2, -0.15) is 13.2 Å². The number of hydrogen-bond acceptors (Lipinski definition) is 5. The Morgan fingerprint density at radius 1 is 1.08 bits per heavy atom. The number of hydrogen-bond donors (Lipinski definition) is 1. The van der Waals surface area contributed by atoms with Crippen LogP contribution < -0.4 is 10.2 Å². The first-order valence-electron chi connectivity index (χ1n) is 12.3. The zero-order valence-corrected chi connectivity index (χ0v) is 21.8. The lowest BCUT2D eigenvalue weighted by molar-refractivity contribution is -0.120. The summed E-state index contributed by atoms with van der Waals surface area (Å²) < 4.78 is 37.9. The smallest absolute Gasteiger partial charge is 0.362 e. The largest absolute Gasteiger partial charge is 0.446 e. The van der Waals surface area contributed by atoms with E-state index in [1.165, 1.54) is 12.1 Å². The van der Waals surface area contributed by atoms with Crippen LogP contribution in [0.5, 0.6) is 0 Å². The van der Waals surface area contributed by atoms with Crippen molar-refractivity contribution in [1.29, 1.82) is 0 Å². The molecule has 1 aliphatic carbocycles. The van der Waals surface area contributed by atoms with Crippen LogP contribution in [0.25, 0.3) is 16.5 Å². The van der Waals surface area contributed by atoms with E-state index < -0.39 is 5.51 Å². The van der Waals surface area contributed by atoms with Gasteiger partial charge < -0.3 is 10.2 Å². The summed E-state index contributed by atoms with van der Waals surface area (Å²) in [6, 6.07) is 14.0. The summed E-state index contributed by atoms with van der Waals surface area (Å²) in [6.45, 7) is 4.91. The second-order valence-corrected chi connectivity index (χ2v) is 10.8. The minimum Gasteiger partial charge on any atom is -0.362 e. The number of amides is 1. The number of carbonyl (C=O) groups is 1. The van der Waals surface area contributed by atoms with E-state index in [4.69, 9.17) is 9.97 Å². The van der Waals surface area contributed by atoms with Crippen molar-refractivity contribution in [2.24, 2.45) is 11.8 Å². The fourth-order valence-electron chi connectivity index (χ4n) is 4.80. The SMILES string of the molecule is C=C(c1nc(N(C)C)c2ccccc2n1)C1CCC(CNC(=O)Cc2cccc(SC(F)(F)F)c2)CC1. The second-order valence-electron chi connectivity index (χ2n) is 9.70. The van der Waals surface area contributed by atoms with Gasteiger partial charge in [-0.1, -0.05) is 30.8 Å². The van der Waals surface area contributed by atoms with Crippen LogP contribution in [-0.4, -0.2) is 42.0 Å². The van der Waals surface area contributed by atoms with E-state index in [0.29, 0.717) is 23.9 Å². The van der Waals surface area contributed by atoms with Gasteiger partial charge in [0, 0.05) is 30.9 Å². The van der Waals surface area contributed by atoms with Crippen LogP contribution in [0, 0.1) is 11.8 Å². The Bertz CT molecular complexity index is 1270. The Kier molecular flexibility index (Phi) is 8.42. The zero-order chi connectivity index (χ0) is 26.6. The van der Waals surface area contributed by atoms with Gasteiger partial charge in [0.2, 0.25) is 5.91 Å². The van der Waals surface area contributed by atoms with Crippen molar-refractivity contribution in [3.8, 4) is 0 Å². The van der Waals surface area contributed by atoms with Gasteiger partial charge in [0.05, 0.1) is 11.9 Å². The summed E-state index contributed by atoms with van der Waals surface area (Å²) in [5.74, 6) is 2.03. The summed E-state index contributed by atoms with van der Waals surface area (Å²) in [4.78, 5) is 24.1. The van der Waals surface area contributed by atoms with Gasteiger partial charge in [-0.05, 0) is 84.7 Å². The van der Waals surface area contributed by atoms with Crippen molar-refractivity contribution >= 4 is 40.0 Å². The zero-order valence-electron chi connectivity index (χ0n) is 21.0. The number of aromatic nitrogens is 2. The predicted molar refractivity (Wildman–Crippen MR) is 143 cm³/mol. The third-order valence-electron chi connectivity index (χ3n) is 6.72. The molecule has 1 N–H and O–H groups in total. The van der Waals surface area contributed by atoms with Crippen molar-refractivity contribution in [3.63, 3.8) is 0 Å². The Morgan fingerprint density at radius 2 is 1.81 bits per heavy atom. The highest BCUT2D eigenvalue weighted by atomic mass is 32.2. The van der Waals surface area contributed by atoms with Crippen LogP contribution in [0.4, 0.5) is 19.0 Å². The normalized spacial score (nSPS) is 18.0. The van der Waals surface area contributed by atoms with Crippen molar-refractivity contribution < 1.29 is 18.0 Å². The molecule has 5 nitrogen and oxygen atoms in total. The fourth-order valence-corrected chi connectivity index (χ4v) is 5.42. The van der Waals surface area contributed by atoms with E-state index in [-0.39, 0.29) is 34.9 Å². The molecule has 1 aromatic heterocycles. The van der Waals surface area contributed by atoms with Crippen molar-refractivity contribution in [2.75, 3.05) is 25.5 Å². The molecule has 1 saturated carbocycles. The van der Waals surface area contributed by atoms with Gasteiger partial charge in [-0.3, -0.25) is 4.79 Å². The molecule has 1 fully saturated rings. The molecule has 1 heterocycles. The summed E-state index contributed by atoms with van der Waals surface area (Å²) in [6.07, 6.45) is 3.87. The fraction of sp³-hybridized carbons (Fsp3) is 0.393. The molecule has 37 heavy (non-hydrogen) atoms. The Morgan fingerprint density at radius 3 is 2.51 bits per heavy atom. The number of anilines is 1. The molecule has 3 aromatic rings. The summed E-state index contributed by atoms with van der Waals surface area (Å²) in [7, 11) is 3.94. The minimum absolute atomic E-state index is 0.0614. The third kappa shape index (κ3) is 7.25. The monoisotopic (exact) mass is 528 g/mol. The number of thioether (sulfide) groups is 1. The van der Waals surface area contributed by atoms with E-state index in [2.05, 4.69) is 11.9 Å². The lowest BCUT2D eigenvalue weighted by Crippen LogP contribution is -2.32. The summed E-state index contributed by atoms with van der Waals surface area (Å²) >= 11 is -0.169. The highest BCUT2D eigenvalue weighted by Crippen LogP contribution is 2.38. The second kappa shape index (κ2) is 11.5. The van der Waals surface area contributed by atoms with Gasteiger partial charge in [-0.25, -0.2) is 9.97 Å². The first kappa shape index (κ1) is 27.0. The standard InChI is InChI=1S/C28H31F3N4OS/c1-18(26-33-24-10-5-4-9-23(24)27(34-26)35(2)3)21-13-11-19(12-14-21)17-32-25(36)16-20-7-6-8-22(15-20)37-28(29,30)31/h4-10,15,19,21H,1,11-14,16-17H2,2-3H3,(H,32,36). The molecule has 196 valence electrons. The molecular weight excluding hydrogens is 497 g/mol. The maximum absolute atomic E-state index is 12.6. The van der Waals surface area contributed by atoms with Gasteiger partial charge in [0.1, 0.15) is 5.82 Å². The van der Waals surface area contributed by atoms with Crippen LogP contribution in [0.15, 0.2) is 60.0 Å². The average Bonchev–Trinajstić information content (AvgIpc) is 2.86. The highest BCUT2D eigenvalue weighted by molar-refractivity contribution is 8.00. The molecule has 1 aliphatic rings. The Balaban J connectivity index is 1.29. The molecule has 0 atom stereocenters. The Labute approximate surface area is 219 Å². The number of alkyl halides is 3. The van der Waals surface area contributed by atoms with E-state index in [9.17, 15) is 18.0 Å². The number of allylic oxidation sites excluding steroid dienone is 1. The molecule has 0 aliphatic heterocycles. The summed E-state index contributed by atoms with van der Waals surface area (Å²) in [5.41, 5.74) is -1.93. The number of para-hydroxylation sites is 1. The van der Waals surface area contributed by atoms with Gasteiger partial charge >= 0.3 is 5.51 Å². The van der Waals surface area contributed by atoms with Crippen LogP contribution in [-0.2, 0) is 11.2 Å². The Hall–Kier alpha value is -3.07. The van der Waals surface area contributed by atoms with Gasteiger partial charge in [-0.15, -0.1) is 0 Å². The molecule has 9 heteroatoms. The highest BCUT2D eigenvalue weighted by Gasteiger charge is 2.29. The molecule has 0 unspecified atom stereocenters. The maximum atomic E-state index is 12.6. The molecule has 0 saturated heterocycles. The first-order chi connectivity index (χ1) is 17.6. The average molecular weight is 529 g/mol. The predicted octanol–water partition coefficient (Wildman–Crippen LogP) is 6.49. The molecule has 0 bridgehead atoms. The van der Waals surface area contributed by atoms with Crippen molar-refractivity contribution in [2.45, 2.75) is 42.5 Å². The lowest BCUT2D eigenvalue weighted by atomic mass is 9.78. The van der Waals surface area contributed by atoms with Gasteiger partial charge in [0.15, 0.2) is 5.82 Å². The number of benzene rings is 2. The van der Waals surface area contributed by atoms with Crippen LogP contribution in [0.1, 0.15) is 37.1 Å². The van der Waals surface area contributed by atoms with Gasteiger partial charge in [0.25, 0.3) is 0 Å². The van der Waals surface area contributed by atoms with Crippen molar-refractivity contribution in [1.82, 2.24) is 15.3 Å². The van der Waals surface area contributed by atoms with Crippen LogP contribution in [0.2, 0.25) is 0 Å². The topological polar surface area (TPSA) is 58.1 Å². The van der Waals surface area contributed by atoms with Crippen molar-refractivity contribution in [3.05, 3.63) is 66.5 Å². The third-order valence-corrected chi connectivity index (χ3v) is 7.44. The number of nitrogens with zero attached hydrogens (tertiary/aromatic N) is 3. The molecule has 0 radical (unpaired) electrons. The lowest BCUT2D eigenvalue weighted by Gasteiger charge is -2.29. The number of halogens is 3. The van der Waals surface area contributed by atoms with E-state index in [0.717, 1.165) is 48.0 Å². The molecule has 0 spiro atoms. The van der Waals surface area contributed by atoms with Crippen LogP contribution >= 0.6 is 11.8 Å². The molecular formula is C28H31F3N4OS. The number of fused-ring (bicyclic) bond motifs is 1. The summed E-state index contributed by atoms with van der Waals surface area (Å²) in [5, 5.41) is 3.97. The van der Waals surface area contributed by atoms with Crippen LogP contribution in [0.3, 0.4) is 0 Å². The van der Waals surface area contributed by atoms with E-state index in [1.54, 1.807) is 12.1 Å². The number of carbonyl (C=O) groups excluding carboxylic acids is 1. The molecule has 1 amide bonds.